The van der Waals surface area contributed by atoms with Gasteiger partial charge in [-0.25, -0.2) is 0 Å². The monoisotopic (exact) mass is 224 g/mol. The molecule has 2 heteroatoms. The van der Waals surface area contributed by atoms with Crippen molar-refractivity contribution in [3.8, 4) is 0 Å². The maximum absolute atomic E-state index is 3.65. The highest BCUT2D eigenvalue weighted by atomic mass is 15.2. The van der Waals surface area contributed by atoms with Gasteiger partial charge in [0.2, 0.25) is 0 Å². The van der Waals surface area contributed by atoms with E-state index < -0.39 is 0 Å². The second-order valence-corrected chi connectivity index (χ2v) is 6.00. The fraction of sp³-hybridized carbons (Fsp3) is 1.00. The van der Waals surface area contributed by atoms with Gasteiger partial charge in [0.25, 0.3) is 0 Å². The summed E-state index contributed by atoms with van der Waals surface area (Å²) >= 11 is 0. The van der Waals surface area contributed by atoms with Crippen LogP contribution in [0.5, 0.6) is 0 Å². The van der Waals surface area contributed by atoms with Gasteiger partial charge in [0, 0.05) is 31.7 Å². The van der Waals surface area contributed by atoms with E-state index in [2.05, 4.69) is 31.0 Å². The van der Waals surface area contributed by atoms with Gasteiger partial charge in [0.1, 0.15) is 0 Å². The molecule has 1 saturated carbocycles. The van der Waals surface area contributed by atoms with Gasteiger partial charge in [-0.1, -0.05) is 20.3 Å². The third-order valence-corrected chi connectivity index (χ3v) is 4.98. The SMILES string of the molecule is CCC1CN(CC2(CC)CCC2)C(C)CN1. The van der Waals surface area contributed by atoms with Crippen molar-refractivity contribution >= 4 is 0 Å². The highest BCUT2D eigenvalue weighted by Crippen LogP contribution is 2.44. The molecule has 2 rings (SSSR count). The molecule has 1 N–H and O–H groups in total. The summed E-state index contributed by atoms with van der Waals surface area (Å²) in [6, 6.07) is 1.46. The van der Waals surface area contributed by atoms with Crippen LogP contribution in [0.2, 0.25) is 0 Å². The van der Waals surface area contributed by atoms with E-state index in [0.29, 0.717) is 5.41 Å². The molecule has 1 aliphatic carbocycles. The van der Waals surface area contributed by atoms with Crippen LogP contribution in [0.4, 0.5) is 0 Å². The van der Waals surface area contributed by atoms with Gasteiger partial charge in [0.05, 0.1) is 0 Å². The van der Waals surface area contributed by atoms with Gasteiger partial charge in [0.15, 0.2) is 0 Å². The van der Waals surface area contributed by atoms with E-state index in [4.69, 9.17) is 0 Å². The Morgan fingerprint density at radius 1 is 1.31 bits per heavy atom. The minimum atomic E-state index is 0.684. The van der Waals surface area contributed by atoms with Crippen molar-refractivity contribution in [3.05, 3.63) is 0 Å². The summed E-state index contributed by atoms with van der Waals surface area (Å²) in [5.74, 6) is 0. The average Bonchev–Trinajstić information content (AvgIpc) is 2.26. The van der Waals surface area contributed by atoms with Crippen LogP contribution >= 0.6 is 0 Å². The van der Waals surface area contributed by atoms with E-state index in [1.54, 1.807) is 0 Å². The zero-order valence-electron chi connectivity index (χ0n) is 11.3. The number of hydrogen-bond donors (Lipinski definition) is 1. The fourth-order valence-corrected chi connectivity index (χ4v) is 3.22. The number of piperazine rings is 1. The Morgan fingerprint density at radius 2 is 2.06 bits per heavy atom. The van der Waals surface area contributed by atoms with E-state index in [9.17, 15) is 0 Å². The van der Waals surface area contributed by atoms with Crippen molar-refractivity contribution in [2.45, 2.75) is 65.0 Å². The van der Waals surface area contributed by atoms with E-state index in [0.717, 1.165) is 12.1 Å². The Hall–Kier alpha value is -0.0800. The molecule has 2 nitrogen and oxygen atoms in total. The van der Waals surface area contributed by atoms with Gasteiger partial charge < -0.3 is 5.32 Å². The lowest BCUT2D eigenvalue weighted by Crippen LogP contribution is -2.58. The standard InChI is InChI=1S/C14H28N2/c1-4-13-10-16(12(3)9-15-13)11-14(5-2)7-6-8-14/h12-13,15H,4-11H2,1-3H3. The van der Waals surface area contributed by atoms with Crippen LogP contribution in [-0.2, 0) is 0 Å². The zero-order valence-corrected chi connectivity index (χ0v) is 11.3. The Bertz CT molecular complexity index is 217. The second-order valence-electron chi connectivity index (χ2n) is 6.00. The zero-order chi connectivity index (χ0) is 11.6. The molecule has 0 aromatic rings. The van der Waals surface area contributed by atoms with E-state index in [1.165, 1.54) is 51.7 Å². The van der Waals surface area contributed by atoms with Crippen LogP contribution in [0.25, 0.3) is 0 Å². The minimum Gasteiger partial charge on any atom is -0.311 e. The highest BCUT2D eigenvalue weighted by molar-refractivity contribution is 4.93. The number of nitrogens with zero attached hydrogens (tertiary/aromatic N) is 1. The van der Waals surface area contributed by atoms with Crippen molar-refractivity contribution in [2.75, 3.05) is 19.6 Å². The summed E-state index contributed by atoms with van der Waals surface area (Å²) < 4.78 is 0. The summed E-state index contributed by atoms with van der Waals surface area (Å²) in [6.45, 7) is 10.8. The number of hydrogen-bond acceptors (Lipinski definition) is 2. The Morgan fingerprint density at radius 3 is 2.56 bits per heavy atom. The molecule has 1 saturated heterocycles. The molecule has 2 aliphatic rings. The minimum absolute atomic E-state index is 0.684. The predicted octanol–water partition coefficient (Wildman–Crippen LogP) is 2.64. The van der Waals surface area contributed by atoms with Crippen molar-refractivity contribution in [3.63, 3.8) is 0 Å². The first-order valence-electron chi connectivity index (χ1n) is 7.16. The third kappa shape index (κ3) is 2.43. The molecule has 0 amide bonds. The van der Waals surface area contributed by atoms with Crippen LogP contribution in [-0.4, -0.2) is 36.6 Å². The van der Waals surface area contributed by atoms with Gasteiger partial charge in [-0.2, -0.15) is 0 Å². The third-order valence-electron chi connectivity index (χ3n) is 4.98. The van der Waals surface area contributed by atoms with Crippen molar-refractivity contribution < 1.29 is 0 Å². The molecule has 16 heavy (non-hydrogen) atoms. The lowest BCUT2D eigenvalue weighted by Gasteiger charge is -2.48. The summed E-state index contributed by atoms with van der Waals surface area (Å²) in [7, 11) is 0. The van der Waals surface area contributed by atoms with Gasteiger partial charge in [-0.15, -0.1) is 0 Å². The Balaban J connectivity index is 1.91. The number of nitrogens with one attached hydrogen (secondary N) is 1. The molecular weight excluding hydrogens is 196 g/mol. The first-order valence-corrected chi connectivity index (χ1v) is 7.16. The normalized spacial score (nSPS) is 34.7. The molecule has 0 bridgehead atoms. The quantitative estimate of drug-likeness (QED) is 0.790. The molecule has 0 radical (unpaired) electrons. The molecule has 2 fully saturated rings. The first-order chi connectivity index (χ1) is 7.69. The summed E-state index contributed by atoms with van der Waals surface area (Å²) in [6.07, 6.45) is 7.04. The van der Waals surface area contributed by atoms with Crippen LogP contribution in [0.15, 0.2) is 0 Å². The Labute approximate surface area is 101 Å². The molecule has 0 spiro atoms. The van der Waals surface area contributed by atoms with Gasteiger partial charge in [-0.3, -0.25) is 4.90 Å². The van der Waals surface area contributed by atoms with E-state index in [-0.39, 0.29) is 0 Å². The van der Waals surface area contributed by atoms with Gasteiger partial charge >= 0.3 is 0 Å². The molecule has 0 aromatic heterocycles. The maximum atomic E-state index is 3.65. The lowest BCUT2D eigenvalue weighted by molar-refractivity contribution is 0.0251. The van der Waals surface area contributed by atoms with Crippen molar-refractivity contribution in [1.29, 1.82) is 0 Å². The average molecular weight is 224 g/mol. The second kappa shape index (κ2) is 5.05. The number of rotatable bonds is 4. The summed E-state index contributed by atoms with van der Waals surface area (Å²) in [5, 5.41) is 3.65. The molecular formula is C14H28N2. The summed E-state index contributed by atoms with van der Waals surface area (Å²) in [5.41, 5.74) is 0.684. The first kappa shape index (κ1) is 12.4. The van der Waals surface area contributed by atoms with E-state index >= 15 is 0 Å². The smallest absolute Gasteiger partial charge is 0.0193 e. The van der Waals surface area contributed by atoms with Crippen LogP contribution in [0.1, 0.15) is 52.9 Å². The van der Waals surface area contributed by atoms with Gasteiger partial charge in [-0.05, 0) is 38.0 Å². The summed E-state index contributed by atoms with van der Waals surface area (Å²) in [4.78, 5) is 2.74. The Kier molecular flexibility index (Phi) is 3.91. The maximum Gasteiger partial charge on any atom is 0.0193 e. The molecule has 0 aromatic carbocycles. The topological polar surface area (TPSA) is 15.3 Å². The van der Waals surface area contributed by atoms with Crippen molar-refractivity contribution in [1.82, 2.24) is 10.2 Å². The van der Waals surface area contributed by atoms with Crippen LogP contribution in [0, 0.1) is 5.41 Å². The van der Waals surface area contributed by atoms with E-state index in [1.807, 2.05) is 0 Å². The lowest BCUT2D eigenvalue weighted by atomic mass is 9.66. The van der Waals surface area contributed by atoms with Crippen molar-refractivity contribution in [2.24, 2.45) is 5.41 Å². The molecule has 1 heterocycles. The van der Waals surface area contributed by atoms with Crippen LogP contribution < -0.4 is 5.32 Å². The van der Waals surface area contributed by atoms with Crippen LogP contribution in [0.3, 0.4) is 0 Å². The fourth-order valence-electron chi connectivity index (χ4n) is 3.22. The predicted molar refractivity (Wildman–Crippen MR) is 69.7 cm³/mol. The molecule has 2 unspecified atom stereocenters. The largest absolute Gasteiger partial charge is 0.311 e. The molecule has 94 valence electrons. The molecule has 2 atom stereocenters. The molecule has 1 aliphatic heterocycles. The highest BCUT2D eigenvalue weighted by Gasteiger charge is 2.38.